The van der Waals surface area contributed by atoms with Gasteiger partial charge in [-0.3, -0.25) is 9.69 Å². The van der Waals surface area contributed by atoms with E-state index in [4.69, 9.17) is 0 Å². The fourth-order valence-electron chi connectivity index (χ4n) is 2.51. The molecule has 140 valence electrons. The predicted octanol–water partition coefficient (Wildman–Crippen LogP) is 3.38. The van der Waals surface area contributed by atoms with Gasteiger partial charge in [-0.25, -0.2) is 17.7 Å². The molecule has 0 aliphatic carbocycles. The molecule has 0 saturated heterocycles. The van der Waals surface area contributed by atoms with E-state index < -0.39 is 10.0 Å². The van der Waals surface area contributed by atoms with Crippen molar-refractivity contribution < 1.29 is 13.2 Å². The smallest absolute Gasteiger partial charge is 0.259 e. The first kappa shape index (κ1) is 20.5. The fourth-order valence-corrected chi connectivity index (χ4v) is 3.96. The zero-order valence-electron chi connectivity index (χ0n) is 15.4. The maximum absolute atomic E-state index is 13.0. The van der Waals surface area contributed by atoms with Crippen LogP contribution in [0.1, 0.15) is 28.4 Å². The van der Waals surface area contributed by atoms with Crippen LogP contribution < -0.4 is 4.90 Å². The van der Waals surface area contributed by atoms with Gasteiger partial charge in [0, 0.05) is 36.9 Å². The van der Waals surface area contributed by atoms with Gasteiger partial charge in [0.25, 0.3) is 5.91 Å². The normalized spacial score (nSPS) is 11.7. The molecule has 0 aliphatic heterocycles. The molecule has 1 heterocycles. The molecule has 1 amide bonds. The van der Waals surface area contributed by atoms with Crippen LogP contribution in [0.2, 0.25) is 0 Å². The van der Waals surface area contributed by atoms with E-state index in [1.165, 1.54) is 25.1 Å². The summed E-state index contributed by atoms with van der Waals surface area (Å²) in [6.45, 7) is 5.80. The van der Waals surface area contributed by atoms with Crippen molar-refractivity contribution in [2.24, 2.45) is 0 Å². The Labute approximate surface area is 163 Å². The van der Waals surface area contributed by atoms with Gasteiger partial charge in [0.2, 0.25) is 10.0 Å². The first-order valence-corrected chi connectivity index (χ1v) is 10.3. The fraction of sp³-hybridized carbons (Fsp3) is 0.333. The van der Waals surface area contributed by atoms with E-state index in [1.807, 2.05) is 6.92 Å². The molecule has 0 bridgehead atoms. The third-order valence-electron chi connectivity index (χ3n) is 4.17. The van der Waals surface area contributed by atoms with Crippen molar-refractivity contribution in [3.63, 3.8) is 0 Å². The quantitative estimate of drug-likeness (QED) is 0.715. The second-order valence-corrected chi connectivity index (χ2v) is 9.12. The van der Waals surface area contributed by atoms with Crippen molar-refractivity contribution in [1.82, 2.24) is 9.29 Å². The molecule has 0 spiro atoms. The van der Waals surface area contributed by atoms with Crippen molar-refractivity contribution in [2.45, 2.75) is 25.7 Å². The molecule has 2 aromatic rings. The number of aryl methyl sites for hydroxylation is 1. The topological polar surface area (TPSA) is 70.6 Å². The van der Waals surface area contributed by atoms with Gasteiger partial charge in [-0.15, -0.1) is 0 Å². The van der Waals surface area contributed by atoms with Gasteiger partial charge >= 0.3 is 0 Å². The van der Waals surface area contributed by atoms with E-state index in [-0.39, 0.29) is 10.8 Å². The number of nitrogens with zero attached hydrogens (tertiary/aromatic N) is 3. The minimum Gasteiger partial charge on any atom is -0.293 e. The SMILES string of the molecule is CCN(C(=O)c1cc(C)c(C)c(S(=O)(=O)N(C)C)c1)c1ccc(Br)cn1. The van der Waals surface area contributed by atoms with Crippen LogP contribution in [-0.4, -0.2) is 44.3 Å². The molecular weight excluding hydrogens is 418 g/mol. The summed E-state index contributed by atoms with van der Waals surface area (Å²) in [5.74, 6) is 0.219. The van der Waals surface area contributed by atoms with E-state index >= 15 is 0 Å². The van der Waals surface area contributed by atoms with Gasteiger partial charge in [-0.05, 0) is 72.1 Å². The van der Waals surface area contributed by atoms with Crippen LogP contribution in [-0.2, 0) is 10.0 Å². The molecule has 0 N–H and O–H groups in total. The Morgan fingerprint density at radius 3 is 2.35 bits per heavy atom. The van der Waals surface area contributed by atoms with Gasteiger partial charge in [0.15, 0.2) is 0 Å². The lowest BCUT2D eigenvalue weighted by Crippen LogP contribution is -2.32. The van der Waals surface area contributed by atoms with Crippen LogP contribution in [0.5, 0.6) is 0 Å². The molecule has 0 atom stereocenters. The molecule has 1 aromatic heterocycles. The van der Waals surface area contributed by atoms with Crippen LogP contribution in [0.3, 0.4) is 0 Å². The van der Waals surface area contributed by atoms with E-state index in [0.29, 0.717) is 23.5 Å². The van der Waals surface area contributed by atoms with E-state index in [9.17, 15) is 13.2 Å². The number of carbonyl (C=O) groups is 1. The Hall–Kier alpha value is -1.77. The number of amides is 1. The maximum Gasteiger partial charge on any atom is 0.259 e. The number of aromatic nitrogens is 1. The van der Waals surface area contributed by atoms with Crippen molar-refractivity contribution >= 4 is 37.7 Å². The summed E-state index contributed by atoms with van der Waals surface area (Å²) in [4.78, 5) is 19.0. The van der Waals surface area contributed by atoms with Crippen molar-refractivity contribution in [3.8, 4) is 0 Å². The first-order valence-electron chi connectivity index (χ1n) is 8.06. The lowest BCUT2D eigenvalue weighted by molar-refractivity contribution is 0.0987. The van der Waals surface area contributed by atoms with Crippen LogP contribution in [0.15, 0.2) is 39.8 Å². The second kappa shape index (κ2) is 7.85. The van der Waals surface area contributed by atoms with Gasteiger partial charge in [0.1, 0.15) is 5.82 Å². The zero-order valence-corrected chi connectivity index (χ0v) is 17.8. The molecule has 0 unspecified atom stereocenters. The van der Waals surface area contributed by atoms with Crippen molar-refractivity contribution in [1.29, 1.82) is 0 Å². The first-order chi connectivity index (χ1) is 12.1. The molecule has 0 saturated carbocycles. The third kappa shape index (κ3) is 3.97. The Morgan fingerprint density at radius 1 is 1.19 bits per heavy atom. The monoisotopic (exact) mass is 439 g/mol. The van der Waals surface area contributed by atoms with Gasteiger partial charge < -0.3 is 0 Å². The van der Waals surface area contributed by atoms with E-state index in [0.717, 1.165) is 14.3 Å². The van der Waals surface area contributed by atoms with Crippen LogP contribution in [0.4, 0.5) is 5.82 Å². The van der Waals surface area contributed by atoms with Crippen LogP contribution >= 0.6 is 15.9 Å². The number of carbonyl (C=O) groups excluding carboxylic acids is 1. The van der Waals surface area contributed by atoms with Gasteiger partial charge in [-0.2, -0.15) is 0 Å². The van der Waals surface area contributed by atoms with E-state index in [1.54, 1.807) is 38.2 Å². The molecule has 6 nitrogen and oxygen atoms in total. The highest BCUT2D eigenvalue weighted by atomic mass is 79.9. The molecule has 0 fully saturated rings. The highest BCUT2D eigenvalue weighted by Gasteiger charge is 2.25. The maximum atomic E-state index is 13.0. The number of halogens is 1. The number of pyridine rings is 1. The lowest BCUT2D eigenvalue weighted by atomic mass is 10.1. The Bertz CT molecular complexity index is 925. The average molecular weight is 440 g/mol. The largest absolute Gasteiger partial charge is 0.293 e. The molecular formula is C18H22BrN3O3S. The minimum atomic E-state index is -3.65. The second-order valence-electron chi connectivity index (χ2n) is 6.09. The van der Waals surface area contributed by atoms with Crippen LogP contribution in [0, 0.1) is 13.8 Å². The summed E-state index contributed by atoms with van der Waals surface area (Å²) in [5.41, 5.74) is 1.70. The Kier molecular flexibility index (Phi) is 6.21. The summed E-state index contributed by atoms with van der Waals surface area (Å²) < 4.78 is 27.2. The lowest BCUT2D eigenvalue weighted by Gasteiger charge is -2.22. The highest BCUT2D eigenvalue weighted by Crippen LogP contribution is 2.25. The van der Waals surface area contributed by atoms with Crippen molar-refractivity contribution in [3.05, 3.63) is 51.6 Å². The molecule has 0 radical (unpaired) electrons. The molecule has 1 aromatic carbocycles. The summed E-state index contributed by atoms with van der Waals surface area (Å²) in [6.07, 6.45) is 1.62. The molecule has 0 aliphatic rings. The van der Waals surface area contributed by atoms with Crippen molar-refractivity contribution in [2.75, 3.05) is 25.5 Å². The summed E-state index contributed by atoms with van der Waals surface area (Å²) in [7, 11) is -0.698. The average Bonchev–Trinajstić information content (AvgIpc) is 2.59. The number of hydrogen-bond donors (Lipinski definition) is 0. The zero-order chi connectivity index (χ0) is 19.6. The Balaban J connectivity index is 2.55. The number of sulfonamides is 1. The number of hydrogen-bond acceptors (Lipinski definition) is 4. The number of benzene rings is 1. The summed E-state index contributed by atoms with van der Waals surface area (Å²) in [6, 6.07) is 6.71. The predicted molar refractivity (Wildman–Crippen MR) is 106 cm³/mol. The summed E-state index contributed by atoms with van der Waals surface area (Å²) in [5, 5.41) is 0. The molecule has 2 rings (SSSR count). The van der Waals surface area contributed by atoms with E-state index in [2.05, 4.69) is 20.9 Å². The summed E-state index contributed by atoms with van der Waals surface area (Å²) >= 11 is 3.32. The van der Waals surface area contributed by atoms with Gasteiger partial charge in [0.05, 0.1) is 4.90 Å². The van der Waals surface area contributed by atoms with Gasteiger partial charge in [-0.1, -0.05) is 0 Å². The number of anilines is 1. The third-order valence-corrected chi connectivity index (χ3v) is 6.59. The molecule has 8 heteroatoms. The van der Waals surface area contributed by atoms with Crippen LogP contribution in [0.25, 0.3) is 0 Å². The highest BCUT2D eigenvalue weighted by molar-refractivity contribution is 9.10. The number of rotatable bonds is 5. The minimum absolute atomic E-state index is 0.144. The Morgan fingerprint density at radius 2 is 1.85 bits per heavy atom. The standard InChI is InChI=1S/C18H22BrN3O3S/c1-6-22(17-8-7-15(19)11-20-17)18(23)14-9-12(2)13(3)16(10-14)26(24,25)21(4)5/h7-11H,6H2,1-5H3. The molecule has 26 heavy (non-hydrogen) atoms.